The van der Waals surface area contributed by atoms with E-state index in [1.165, 1.54) is 37.7 Å². The molecule has 0 saturated carbocycles. The van der Waals surface area contributed by atoms with E-state index in [9.17, 15) is 18.0 Å². The Kier molecular flexibility index (Phi) is 5.53. The normalized spacial score (nSPS) is 13.1. The van der Waals surface area contributed by atoms with Crippen LogP contribution in [-0.2, 0) is 16.6 Å². The fourth-order valence-electron chi connectivity index (χ4n) is 3.75. The third kappa shape index (κ3) is 4.13. The predicted molar refractivity (Wildman–Crippen MR) is 124 cm³/mol. The number of hydrogen-bond acceptors (Lipinski definition) is 8. The van der Waals surface area contributed by atoms with Gasteiger partial charge >= 0.3 is 0 Å². The standard InChI is InChI=1S/C24H18N4O6S/c1-33-20-9-4-15(14-28-23(29)18-3-2-11-25-22(18)24(28)30)13-21(20)35(31,32)27-17-7-5-16(6-8-17)19-10-12-26-34-19/h2-13,27H,14H2,1H3. The maximum atomic E-state index is 13.2. The first-order chi connectivity index (χ1) is 16.9. The smallest absolute Gasteiger partial charge is 0.280 e. The van der Waals surface area contributed by atoms with Crippen LogP contribution in [0.25, 0.3) is 11.3 Å². The molecule has 5 rings (SSSR count). The lowest BCUT2D eigenvalue weighted by atomic mass is 10.1. The van der Waals surface area contributed by atoms with E-state index in [1.54, 1.807) is 42.5 Å². The molecule has 0 aliphatic carbocycles. The van der Waals surface area contributed by atoms with Crippen molar-refractivity contribution in [3.05, 3.63) is 89.9 Å². The van der Waals surface area contributed by atoms with Gasteiger partial charge in [0.05, 0.1) is 25.4 Å². The summed E-state index contributed by atoms with van der Waals surface area (Å²) in [7, 11) is -2.71. The van der Waals surface area contributed by atoms with Crippen LogP contribution in [0.5, 0.6) is 5.75 Å². The minimum absolute atomic E-state index is 0.0781. The molecule has 2 aromatic carbocycles. The third-order valence-corrected chi connectivity index (χ3v) is 6.85. The lowest BCUT2D eigenvalue weighted by molar-refractivity contribution is 0.0640. The van der Waals surface area contributed by atoms with E-state index in [-0.39, 0.29) is 28.4 Å². The highest BCUT2D eigenvalue weighted by Gasteiger charge is 2.36. The summed E-state index contributed by atoms with van der Waals surface area (Å²) in [6, 6.07) is 15.8. The van der Waals surface area contributed by atoms with Crippen molar-refractivity contribution in [1.82, 2.24) is 15.0 Å². The average Bonchev–Trinajstić information content (AvgIpc) is 3.48. The number of imide groups is 1. The maximum Gasteiger partial charge on any atom is 0.280 e. The van der Waals surface area contributed by atoms with Crippen molar-refractivity contribution >= 4 is 27.5 Å². The van der Waals surface area contributed by atoms with Crippen LogP contribution in [0.1, 0.15) is 26.4 Å². The zero-order chi connectivity index (χ0) is 24.6. The molecule has 0 bridgehead atoms. The number of rotatable bonds is 7. The molecular weight excluding hydrogens is 472 g/mol. The van der Waals surface area contributed by atoms with Gasteiger partial charge in [-0.05, 0) is 54.1 Å². The van der Waals surface area contributed by atoms with E-state index < -0.39 is 21.8 Å². The Hall–Kier alpha value is -4.51. The molecule has 1 aliphatic rings. The molecule has 10 nitrogen and oxygen atoms in total. The monoisotopic (exact) mass is 490 g/mol. The van der Waals surface area contributed by atoms with Gasteiger partial charge in [-0.15, -0.1) is 0 Å². The first kappa shape index (κ1) is 22.3. The van der Waals surface area contributed by atoms with E-state index in [2.05, 4.69) is 14.9 Å². The quantitative estimate of drug-likeness (QED) is 0.390. The number of amides is 2. The average molecular weight is 490 g/mol. The van der Waals surface area contributed by atoms with Crippen LogP contribution in [0.15, 0.2) is 82.5 Å². The predicted octanol–water partition coefficient (Wildman–Crippen LogP) is 3.34. The van der Waals surface area contributed by atoms with Crippen molar-refractivity contribution in [1.29, 1.82) is 0 Å². The molecule has 35 heavy (non-hydrogen) atoms. The number of anilines is 1. The van der Waals surface area contributed by atoms with Gasteiger partial charge in [-0.2, -0.15) is 0 Å². The molecule has 0 unspecified atom stereocenters. The van der Waals surface area contributed by atoms with Crippen molar-refractivity contribution in [3.8, 4) is 17.1 Å². The molecule has 3 heterocycles. The fourth-order valence-corrected chi connectivity index (χ4v) is 5.03. The number of sulfonamides is 1. The van der Waals surface area contributed by atoms with Gasteiger partial charge in [0.1, 0.15) is 16.3 Å². The number of nitrogens with one attached hydrogen (secondary N) is 1. The number of ether oxygens (including phenoxy) is 1. The van der Waals surface area contributed by atoms with Crippen molar-refractivity contribution in [2.24, 2.45) is 0 Å². The van der Waals surface area contributed by atoms with Crippen molar-refractivity contribution in [2.45, 2.75) is 11.4 Å². The van der Waals surface area contributed by atoms with E-state index in [1.807, 2.05) is 0 Å². The molecule has 0 saturated heterocycles. The van der Waals surface area contributed by atoms with Crippen LogP contribution in [-0.4, -0.2) is 42.4 Å². The molecule has 1 aliphatic heterocycles. The van der Waals surface area contributed by atoms with Gasteiger partial charge in [0, 0.05) is 23.5 Å². The topological polar surface area (TPSA) is 132 Å². The van der Waals surface area contributed by atoms with Crippen LogP contribution >= 0.6 is 0 Å². The molecule has 2 aromatic heterocycles. The van der Waals surface area contributed by atoms with Crippen molar-refractivity contribution in [2.75, 3.05) is 11.8 Å². The number of pyridine rings is 1. The Balaban J connectivity index is 1.40. The molecule has 4 aromatic rings. The molecule has 1 N–H and O–H groups in total. The Bertz CT molecular complexity index is 1500. The zero-order valence-corrected chi connectivity index (χ0v) is 19.2. The molecular formula is C24H18N4O6S. The van der Waals surface area contributed by atoms with Gasteiger partial charge < -0.3 is 9.26 Å². The number of carbonyl (C=O) groups is 2. The summed E-state index contributed by atoms with van der Waals surface area (Å²) in [5.41, 5.74) is 1.79. The highest BCUT2D eigenvalue weighted by Crippen LogP contribution is 2.30. The van der Waals surface area contributed by atoms with Gasteiger partial charge in [0.2, 0.25) is 0 Å². The Labute approximate surface area is 200 Å². The largest absolute Gasteiger partial charge is 0.495 e. The minimum atomic E-state index is -4.07. The molecule has 2 amide bonds. The van der Waals surface area contributed by atoms with E-state index >= 15 is 0 Å². The molecule has 0 fully saturated rings. The lowest BCUT2D eigenvalue weighted by Crippen LogP contribution is -2.29. The second kappa shape index (κ2) is 8.69. The lowest BCUT2D eigenvalue weighted by Gasteiger charge is -2.16. The molecule has 0 atom stereocenters. The van der Waals surface area contributed by atoms with Crippen LogP contribution < -0.4 is 9.46 Å². The Morgan fingerprint density at radius 1 is 1.00 bits per heavy atom. The summed E-state index contributed by atoms with van der Waals surface area (Å²) in [5, 5.41) is 3.66. The first-order valence-corrected chi connectivity index (χ1v) is 11.9. The Morgan fingerprint density at radius 2 is 1.80 bits per heavy atom. The number of benzene rings is 2. The molecule has 176 valence electrons. The second-order valence-corrected chi connectivity index (χ2v) is 9.29. The number of hydrogen-bond donors (Lipinski definition) is 1. The van der Waals surface area contributed by atoms with E-state index in [0.29, 0.717) is 17.0 Å². The number of fused-ring (bicyclic) bond motifs is 1. The summed E-state index contributed by atoms with van der Waals surface area (Å²) in [5.74, 6) is -0.347. The summed E-state index contributed by atoms with van der Waals surface area (Å²) in [6.07, 6.45) is 2.96. The SMILES string of the molecule is COc1ccc(CN2C(=O)c3cccnc3C2=O)cc1S(=O)(=O)Nc1ccc(-c2ccno2)cc1. The third-order valence-electron chi connectivity index (χ3n) is 5.45. The summed E-state index contributed by atoms with van der Waals surface area (Å²) in [4.78, 5) is 30.2. The fraction of sp³-hybridized carbons (Fsp3) is 0.0833. The molecule has 11 heteroatoms. The number of aromatic nitrogens is 2. The highest BCUT2D eigenvalue weighted by atomic mass is 32.2. The Morgan fingerprint density at radius 3 is 2.49 bits per heavy atom. The molecule has 0 radical (unpaired) electrons. The zero-order valence-electron chi connectivity index (χ0n) is 18.3. The van der Waals surface area contributed by atoms with Gasteiger partial charge in [0.25, 0.3) is 21.8 Å². The molecule has 0 spiro atoms. The number of nitrogens with zero attached hydrogens (tertiary/aromatic N) is 3. The summed E-state index contributed by atoms with van der Waals surface area (Å²) in [6.45, 7) is -0.119. The van der Waals surface area contributed by atoms with Crippen molar-refractivity contribution < 1.29 is 27.3 Å². The highest BCUT2D eigenvalue weighted by molar-refractivity contribution is 7.92. The van der Waals surface area contributed by atoms with Crippen LogP contribution in [0, 0.1) is 0 Å². The minimum Gasteiger partial charge on any atom is -0.495 e. The summed E-state index contributed by atoms with van der Waals surface area (Å²) < 4.78 is 39.3. The van der Waals surface area contributed by atoms with Crippen LogP contribution in [0.3, 0.4) is 0 Å². The second-order valence-electron chi connectivity index (χ2n) is 7.64. The van der Waals surface area contributed by atoms with Crippen LogP contribution in [0.2, 0.25) is 0 Å². The number of methoxy groups -OCH3 is 1. The van der Waals surface area contributed by atoms with Gasteiger partial charge in [-0.25, -0.2) is 8.42 Å². The van der Waals surface area contributed by atoms with Crippen LogP contribution in [0.4, 0.5) is 5.69 Å². The number of carbonyl (C=O) groups excluding carboxylic acids is 2. The van der Waals surface area contributed by atoms with E-state index in [0.717, 1.165) is 10.5 Å². The van der Waals surface area contributed by atoms with Crippen molar-refractivity contribution in [3.63, 3.8) is 0 Å². The van der Waals surface area contributed by atoms with Gasteiger partial charge in [0.15, 0.2) is 5.76 Å². The van der Waals surface area contributed by atoms with Gasteiger partial charge in [-0.3, -0.25) is 24.2 Å². The summed E-state index contributed by atoms with van der Waals surface area (Å²) >= 11 is 0. The maximum absolute atomic E-state index is 13.2. The first-order valence-electron chi connectivity index (χ1n) is 10.4. The van der Waals surface area contributed by atoms with Gasteiger partial charge in [-0.1, -0.05) is 11.2 Å². The van der Waals surface area contributed by atoms with E-state index in [4.69, 9.17) is 9.26 Å².